The van der Waals surface area contributed by atoms with Gasteiger partial charge in [-0.15, -0.1) is 0 Å². The van der Waals surface area contributed by atoms with Gasteiger partial charge in [0.2, 0.25) is 18.6 Å². The number of nitrogens with zero attached hydrogens (tertiary/aromatic N) is 1. The second kappa shape index (κ2) is 7.57. The highest BCUT2D eigenvalue weighted by Crippen LogP contribution is 2.32. The Bertz CT molecular complexity index is 999. The Kier molecular flexibility index (Phi) is 4.81. The third kappa shape index (κ3) is 3.74. The number of para-hydroxylation sites is 2. The van der Waals surface area contributed by atoms with Gasteiger partial charge in [-0.05, 0) is 29.8 Å². The van der Waals surface area contributed by atoms with Crippen molar-refractivity contribution in [3.05, 3.63) is 48.0 Å². The molecule has 2 aromatic carbocycles. The lowest BCUT2D eigenvalue weighted by Gasteiger charge is -2.15. The van der Waals surface area contributed by atoms with Gasteiger partial charge in [-0.3, -0.25) is 14.9 Å². The standard InChI is InChI=1S/C19H18N4O5/c24-9-14(18(26)23-19-21-12-3-1-2-4-13(12)22-19)20-17(25)8-11-5-6-15-16(7-11)28-10-27-15/h1-7,14,24H,8-10H2,(H,20,25)(H2,21,22,23,26). The average molecular weight is 382 g/mol. The van der Waals surface area contributed by atoms with Crippen molar-refractivity contribution >= 4 is 28.8 Å². The third-order valence-corrected chi connectivity index (χ3v) is 4.27. The molecule has 1 aromatic heterocycles. The number of hydrogen-bond acceptors (Lipinski definition) is 6. The Hall–Kier alpha value is -3.59. The van der Waals surface area contributed by atoms with E-state index in [4.69, 9.17) is 9.47 Å². The molecule has 3 aromatic rings. The second-order valence-electron chi connectivity index (χ2n) is 6.26. The van der Waals surface area contributed by atoms with Gasteiger partial charge in [0.05, 0.1) is 24.1 Å². The van der Waals surface area contributed by atoms with E-state index in [1.807, 2.05) is 18.2 Å². The van der Waals surface area contributed by atoms with Crippen molar-refractivity contribution in [1.82, 2.24) is 15.3 Å². The fourth-order valence-electron chi connectivity index (χ4n) is 2.89. The van der Waals surface area contributed by atoms with Gasteiger partial charge < -0.3 is 24.9 Å². The molecule has 2 heterocycles. The number of aliphatic hydroxyl groups is 1. The van der Waals surface area contributed by atoms with E-state index in [0.717, 1.165) is 5.52 Å². The number of carbonyl (C=O) groups excluding carboxylic acids is 2. The number of ether oxygens (including phenoxy) is 2. The van der Waals surface area contributed by atoms with Gasteiger partial charge in [-0.2, -0.15) is 0 Å². The summed E-state index contributed by atoms with van der Waals surface area (Å²) in [6.07, 6.45) is 0.0328. The fourth-order valence-corrected chi connectivity index (χ4v) is 2.89. The first kappa shape index (κ1) is 17.8. The monoisotopic (exact) mass is 382 g/mol. The van der Waals surface area contributed by atoms with E-state index in [-0.39, 0.29) is 19.2 Å². The van der Waals surface area contributed by atoms with Crippen LogP contribution in [0, 0.1) is 0 Å². The topological polar surface area (TPSA) is 126 Å². The lowest BCUT2D eigenvalue weighted by Crippen LogP contribution is -2.46. The van der Waals surface area contributed by atoms with Crippen molar-refractivity contribution in [2.24, 2.45) is 0 Å². The number of carbonyl (C=O) groups is 2. The first-order chi connectivity index (χ1) is 13.6. The fraction of sp³-hybridized carbons (Fsp3) is 0.211. The smallest absolute Gasteiger partial charge is 0.251 e. The second-order valence-corrected chi connectivity index (χ2v) is 6.26. The van der Waals surface area contributed by atoms with Crippen molar-refractivity contribution < 1.29 is 24.2 Å². The van der Waals surface area contributed by atoms with Gasteiger partial charge >= 0.3 is 0 Å². The highest BCUT2D eigenvalue weighted by molar-refractivity contribution is 5.97. The van der Waals surface area contributed by atoms with E-state index in [2.05, 4.69) is 20.6 Å². The van der Waals surface area contributed by atoms with Crippen molar-refractivity contribution in [1.29, 1.82) is 0 Å². The number of fused-ring (bicyclic) bond motifs is 2. The zero-order chi connectivity index (χ0) is 19.5. The Balaban J connectivity index is 1.37. The summed E-state index contributed by atoms with van der Waals surface area (Å²) in [4.78, 5) is 31.9. The van der Waals surface area contributed by atoms with E-state index in [0.29, 0.717) is 22.6 Å². The Morgan fingerprint density at radius 3 is 2.82 bits per heavy atom. The van der Waals surface area contributed by atoms with Gasteiger partial charge in [-0.1, -0.05) is 18.2 Å². The molecule has 2 amide bonds. The number of aromatic nitrogens is 2. The van der Waals surface area contributed by atoms with Crippen LogP contribution < -0.4 is 20.1 Å². The zero-order valence-corrected chi connectivity index (χ0v) is 14.8. The molecule has 0 saturated carbocycles. The Morgan fingerprint density at radius 2 is 2.00 bits per heavy atom. The molecule has 0 fully saturated rings. The highest BCUT2D eigenvalue weighted by atomic mass is 16.7. The van der Waals surface area contributed by atoms with E-state index < -0.39 is 24.5 Å². The van der Waals surface area contributed by atoms with Crippen LogP contribution in [-0.2, 0) is 16.0 Å². The molecule has 0 saturated heterocycles. The summed E-state index contributed by atoms with van der Waals surface area (Å²) in [6, 6.07) is 11.4. The number of aliphatic hydroxyl groups excluding tert-OH is 1. The van der Waals surface area contributed by atoms with Gasteiger partial charge in [-0.25, -0.2) is 4.98 Å². The lowest BCUT2D eigenvalue weighted by molar-refractivity contribution is -0.127. The van der Waals surface area contributed by atoms with Gasteiger partial charge in [0.1, 0.15) is 6.04 Å². The molecule has 1 aliphatic heterocycles. The van der Waals surface area contributed by atoms with E-state index in [1.54, 1.807) is 24.3 Å². The van der Waals surface area contributed by atoms with Gasteiger partial charge in [0.25, 0.3) is 5.91 Å². The van der Waals surface area contributed by atoms with E-state index >= 15 is 0 Å². The summed E-state index contributed by atoms with van der Waals surface area (Å²) in [7, 11) is 0. The number of rotatable bonds is 6. The first-order valence-electron chi connectivity index (χ1n) is 8.67. The van der Waals surface area contributed by atoms with Crippen molar-refractivity contribution in [2.75, 3.05) is 18.7 Å². The zero-order valence-electron chi connectivity index (χ0n) is 14.8. The van der Waals surface area contributed by atoms with Crippen LogP contribution in [0.4, 0.5) is 5.95 Å². The van der Waals surface area contributed by atoms with Crippen LogP contribution >= 0.6 is 0 Å². The van der Waals surface area contributed by atoms with Crippen LogP contribution in [0.25, 0.3) is 11.0 Å². The number of benzene rings is 2. The maximum absolute atomic E-state index is 12.4. The molecular weight excluding hydrogens is 364 g/mol. The third-order valence-electron chi connectivity index (χ3n) is 4.27. The summed E-state index contributed by atoms with van der Waals surface area (Å²) >= 11 is 0. The molecule has 9 nitrogen and oxygen atoms in total. The van der Waals surface area contributed by atoms with E-state index in [1.165, 1.54) is 0 Å². The predicted octanol–water partition coefficient (Wildman–Crippen LogP) is 0.950. The van der Waals surface area contributed by atoms with Crippen molar-refractivity contribution in [3.63, 3.8) is 0 Å². The maximum Gasteiger partial charge on any atom is 0.251 e. The summed E-state index contributed by atoms with van der Waals surface area (Å²) in [5.41, 5.74) is 2.17. The molecule has 0 aliphatic carbocycles. The predicted molar refractivity (Wildman–Crippen MR) is 100 cm³/mol. The normalized spacial score (nSPS) is 13.3. The molecule has 1 unspecified atom stereocenters. The average Bonchev–Trinajstić information content (AvgIpc) is 3.31. The number of hydrogen-bond donors (Lipinski definition) is 4. The van der Waals surface area contributed by atoms with Gasteiger partial charge in [0.15, 0.2) is 11.5 Å². The van der Waals surface area contributed by atoms with Crippen LogP contribution in [0.1, 0.15) is 5.56 Å². The molecule has 0 spiro atoms. The molecule has 0 bridgehead atoms. The number of amides is 2. The maximum atomic E-state index is 12.4. The van der Waals surface area contributed by atoms with Crippen molar-refractivity contribution in [3.8, 4) is 11.5 Å². The first-order valence-corrected chi connectivity index (χ1v) is 8.67. The lowest BCUT2D eigenvalue weighted by atomic mass is 10.1. The molecule has 1 aliphatic rings. The Labute approximate surface area is 159 Å². The molecule has 0 radical (unpaired) electrons. The molecule has 4 N–H and O–H groups in total. The van der Waals surface area contributed by atoms with E-state index in [9.17, 15) is 14.7 Å². The minimum Gasteiger partial charge on any atom is -0.454 e. The van der Waals surface area contributed by atoms with Crippen LogP contribution in [0.3, 0.4) is 0 Å². The summed E-state index contributed by atoms with van der Waals surface area (Å²) in [5.74, 6) is 0.474. The summed E-state index contributed by atoms with van der Waals surface area (Å²) < 4.78 is 10.5. The van der Waals surface area contributed by atoms with Gasteiger partial charge in [0, 0.05) is 0 Å². The molecule has 9 heteroatoms. The number of H-pyrrole nitrogens is 1. The number of anilines is 1. The SMILES string of the molecule is O=C(Cc1ccc2c(c1)OCO2)NC(CO)C(=O)Nc1nc2ccccc2[nH]1. The van der Waals surface area contributed by atoms with Crippen LogP contribution in [0.15, 0.2) is 42.5 Å². The minimum absolute atomic E-state index is 0.0328. The highest BCUT2D eigenvalue weighted by Gasteiger charge is 2.22. The van der Waals surface area contributed by atoms with Crippen LogP contribution in [-0.4, -0.2) is 46.3 Å². The quantitative estimate of drug-likeness (QED) is 0.503. The largest absolute Gasteiger partial charge is 0.454 e. The summed E-state index contributed by atoms with van der Waals surface area (Å²) in [5, 5.41) is 14.6. The Morgan fingerprint density at radius 1 is 1.18 bits per heavy atom. The molecule has 1 atom stereocenters. The molecular formula is C19H18N4O5. The number of imidazole rings is 1. The molecule has 28 heavy (non-hydrogen) atoms. The summed E-state index contributed by atoms with van der Waals surface area (Å²) in [6.45, 7) is -0.390. The van der Waals surface area contributed by atoms with Crippen LogP contribution in [0.2, 0.25) is 0 Å². The molecule has 144 valence electrons. The van der Waals surface area contributed by atoms with Crippen LogP contribution in [0.5, 0.6) is 11.5 Å². The van der Waals surface area contributed by atoms with Crippen molar-refractivity contribution in [2.45, 2.75) is 12.5 Å². The number of nitrogens with one attached hydrogen (secondary N) is 3. The number of aromatic amines is 1. The molecule has 4 rings (SSSR count). The minimum atomic E-state index is -1.10.